The third-order valence-electron chi connectivity index (χ3n) is 3.62. The fraction of sp³-hybridized carbons (Fsp3) is 0.167. The lowest BCUT2D eigenvalue weighted by molar-refractivity contribution is 0.348. The van der Waals surface area contributed by atoms with Gasteiger partial charge in [0.05, 0.1) is 19.9 Å². The Morgan fingerprint density at radius 1 is 1.00 bits per heavy atom. The van der Waals surface area contributed by atoms with E-state index in [4.69, 9.17) is 25.7 Å². The van der Waals surface area contributed by atoms with E-state index in [1.807, 2.05) is 12.1 Å². The van der Waals surface area contributed by atoms with Crippen LogP contribution in [-0.2, 0) is 6.54 Å². The summed E-state index contributed by atoms with van der Waals surface area (Å²) in [7, 11) is 3.04. The first kappa shape index (κ1) is 20.2. The van der Waals surface area contributed by atoms with Crippen LogP contribution in [0, 0.1) is 0 Å². The quantitative estimate of drug-likeness (QED) is 0.660. The summed E-state index contributed by atoms with van der Waals surface area (Å²) in [5.41, 5.74) is 13.2. The summed E-state index contributed by atoms with van der Waals surface area (Å²) in [5, 5.41) is 0. The number of halogens is 1. The summed E-state index contributed by atoms with van der Waals surface area (Å²) < 4.78 is 16.5. The number of nitrogens with zero attached hydrogens (tertiary/aromatic N) is 3. The first-order valence-corrected chi connectivity index (χ1v) is 7.84. The molecule has 0 atom stereocenters. The van der Waals surface area contributed by atoms with E-state index in [0.29, 0.717) is 23.9 Å². The Morgan fingerprint density at radius 3 is 2.41 bits per heavy atom. The molecule has 0 unspecified atom stereocenters. The lowest BCUT2D eigenvalue weighted by Crippen LogP contribution is -2.05. The highest BCUT2D eigenvalue weighted by molar-refractivity contribution is 5.85. The zero-order valence-electron chi connectivity index (χ0n) is 14.9. The predicted octanol–water partition coefficient (Wildman–Crippen LogP) is 2.81. The van der Waals surface area contributed by atoms with Crippen LogP contribution in [0.2, 0.25) is 0 Å². The summed E-state index contributed by atoms with van der Waals surface area (Å²) in [4.78, 5) is 12.9. The van der Waals surface area contributed by atoms with Crippen LogP contribution in [0.25, 0.3) is 11.4 Å². The molecule has 9 heteroatoms. The maximum Gasteiger partial charge on any atom is 0.263 e. The summed E-state index contributed by atoms with van der Waals surface area (Å²) >= 11 is 0. The van der Waals surface area contributed by atoms with Gasteiger partial charge in [0, 0.05) is 18.3 Å². The first-order chi connectivity index (χ1) is 12.7. The predicted molar refractivity (Wildman–Crippen MR) is 104 cm³/mol. The van der Waals surface area contributed by atoms with Crippen LogP contribution in [0.1, 0.15) is 5.69 Å². The SMILES string of the molecule is COc1ccccc1Oc1c(N)nc(-c2ccnc(CN)c2)nc1OC.Cl. The molecule has 0 aliphatic rings. The molecule has 4 N–H and O–H groups in total. The Kier molecular flexibility index (Phi) is 6.75. The van der Waals surface area contributed by atoms with Crippen LogP contribution in [0.15, 0.2) is 42.6 Å². The Hall–Kier alpha value is -3.10. The van der Waals surface area contributed by atoms with E-state index in [2.05, 4.69) is 15.0 Å². The number of rotatable bonds is 6. The van der Waals surface area contributed by atoms with Crippen molar-refractivity contribution in [2.45, 2.75) is 6.54 Å². The number of hydrogen-bond donors (Lipinski definition) is 2. The standard InChI is InChI=1S/C18H19N5O3.ClH/c1-24-13-5-3-4-6-14(13)26-15-16(20)22-17(23-18(15)25-2)11-7-8-21-12(9-11)10-19;/h3-9H,10,19H2,1-2H3,(H2,20,22,23);1H. The van der Waals surface area contributed by atoms with Crippen molar-refractivity contribution in [1.82, 2.24) is 15.0 Å². The lowest BCUT2D eigenvalue weighted by Gasteiger charge is -2.14. The zero-order chi connectivity index (χ0) is 18.5. The van der Waals surface area contributed by atoms with E-state index in [9.17, 15) is 0 Å². The van der Waals surface area contributed by atoms with E-state index in [1.165, 1.54) is 7.11 Å². The smallest absolute Gasteiger partial charge is 0.263 e. The van der Waals surface area contributed by atoms with Gasteiger partial charge in [-0.15, -0.1) is 12.4 Å². The molecular formula is C18H20ClN5O3. The number of nitrogen functional groups attached to an aromatic ring is 1. The monoisotopic (exact) mass is 389 g/mol. The van der Waals surface area contributed by atoms with Crippen molar-refractivity contribution in [3.63, 3.8) is 0 Å². The molecule has 3 aromatic rings. The third-order valence-corrected chi connectivity index (χ3v) is 3.62. The van der Waals surface area contributed by atoms with Crippen molar-refractivity contribution in [3.05, 3.63) is 48.3 Å². The molecule has 1 aromatic carbocycles. The molecule has 0 spiro atoms. The Balaban J connectivity index is 0.00000261. The van der Waals surface area contributed by atoms with Crippen LogP contribution in [0.4, 0.5) is 5.82 Å². The van der Waals surface area contributed by atoms with Crippen molar-refractivity contribution in [1.29, 1.82) is 0 Å². The van der Waals surface area contributed by atoms with E-state index >= 15 is 0 Å². The number of pyridine rings is 1. The van der Waals surface area contributed by atoms with Crippen LogP contribution < -0.4 is 25.7 Å². The van der Waals surface area contributed by atoms with E-state index in [-0.39, 0.29) is 29.9 Å². The number of aromatic nitrogens is 3. The largest absolute Gasteiger partial charge is 0.493 e. The van der Waals surface area contributed by atoms with Gasteiger partial charge in [-0.1, -0.05) is 12.1 Å². The summed E-state index contributed by atoms with van der Waals surface area (Å²) in [6.07, 6.45) is 1.64. The number of para-hydroxylation sites is 2. The molecule has 8 nitrogen and oxygen atoms in total. The highest BCUT2D eigenvalue weighted by Crippen LogP contribution is 2.39. The molecule has 0 bridgehead atoms. The Bertz CT molecular complexity index is 923. The molecule has 142 valence electrons. The van der Waals surface area contributed by atoms with Gasteiger partial charge in [0.1, 0.15) is 0 Å². The van der Waals surface area contributed by atoms with Gasteiger partial charge in [-0.2, -0.15) is 4.98 Å². The number of nitrogens with two attached hydrogens (primary N) is 2. The van der Waals surface area contributed by atoms with Crippen LogP contribution >= 0.6 is 12.4 Å². The van der Waals surface area contributed by atoms with Gasteiger partial charge < -0.3 is 25.7 Å². The number of ether oxygens (including phenoxy) is 3. The maximum absolute atomic E-state index is 6.11. The van der Waals surface area contributed by atoms with Crippen molar-refractivity contribution in [2.75, 3.05) is 20.0 Å². The summed E-state index contributed by atoms with van der Waals surface area (Å²) in [5.74, 6) is 2.00. The lowest BCUT2D eigenvalue weighted by atomic mass is 10.2. The Labute approximate surface area is 162 Å². The maximum atomic E-state index is 6.11. The van der Waals surface area contributed by atoms with Crippen LogP contribution in [-0.4, -0.2) is 29.2 Å². The van der Waals surface area contributed by atoms with Gasteiger partial charge in [-0.05, 0) is 24.3 Å². The van der Waals surface area contributed by atoms with Crippen molar-refractivity contribution in [3.8, 4) is 34.5 Å². The fourth-order valence-corrected chi connectivity index (χ4v) is 2.35. The molecule has 0 saturated heterocycles. The van der Waals surface area contributed by atoms with Crippen molar-refractivity contribution in [2.24, 2.45) is 5.73 Å². The van der Waals surface area contributed by atoms with Crippen LogP contribution in [0.3, 0.4) is 0 Å². The topological polar surface area (TPSA) is 118 Å². The third kappa shape index (κ3) is 4.36. The molecule has 0 saturated carbocycles. The molecule has 0 amide bonds. The minimum atomic E-state index is 0. The number of methoxy groups -OCH3 is 2. The van der Waals surface area contributed by atoms with Gasteiger partial charge in [0.25, 0.3) is 5.88 Å². The van der Waals surface area contributed by atoms with Crippen molar-refractivity contribution >= 4 is 18.2 Å². The highest BCUT2D eigenvalue weighted by atomic mass is 35.5. The number of hydrogen-bond acceptors (Lipinski definition) is 8. The molecule has 2 heterocycles. The van der Waals surface area contributed by atoms with Gasteiger partial charge in [0.15, 0.2) is 23.1 Å². The second-order valence-electron chi connectivity index (χ2n) is 5.26. The molecule has 0 aliphatic carbocycles. The average molecular weight is 390 g/mol. The highest BCUT2D eigenvalue weighted by Gasteiger charge is 2.18. The zero-order valence-corrected chi connectivity index (χ0v) is 15.7. The average Bonchev–Trinajstić information content (AvgIpc) is 2.69. The van der Waals surface area contributed by atoms with Gasteiger partial charge >= 0.3 is 0 Å². The minimum absolute atomic E-state index is 0. The van der Waals surface area contributed by atoms with Gasteiger partial charge in [0.2, 0.25) is 5.75 Å². The second-order valence-corrected chi connectivity index (χ2v) is 5.26. The molecule has 0 aliphatic heterocycles. The molecular weight excluding hydrogens is 370 g/mol. The molecule has 2 aromatic heterocycles. The van der Waals surface area contributed by atoms with Gasteiger partial charge in [-0.3, -0.25) is 4.98 Å². The first-order valence-electron chi connectivity index (χ1n) is 7.84. The van der Waals surface area contributed by atoms with E-state index in [1.54, 1.807) is 37.6 Å². The molecule has 0 fully saturated rings. The second kappa shape index (κ2) is 9.02. The Morgan fingerprint density at radius 2 is 1.74 bits per heavy atom. The summed E-state index contributed by atoms with van der Waals surface area (Å²) in [6.45, 7) is 0.315. The van der Waals surface area contributed by atoms with Gasteiger partial charge in [-0.25, -0.2) is 4.98 Å². The molecule has 3 rings (SSSR count). The number of benzene rings is 1. The van der Waals surface area contributed by atoms with Crippen LogP contribution in [0.5, 0.6) is 23.1 Å². The fourth-order valence-electron chi connectivity index (χ4n) is 2.35. The normalized spacial score (nSPS) is 10.0. The molecule has 0 radical (unpaired) electrons. The minimum Gasteiger partial charge on any atom is -0.493 e. The van der Waals surface area contributed by atoms with E-state index < -0.39 is 0 Å². The van der Waals surface area contributed by atoms with E-state index in [0.717, 1.165) is 11.3 Å². The summed E-state index contributed by atoms with van der Waals surface area (Å²) in [6, 6.07) is 10.8. The molecule has 27 heavy (non-hydrogen) atoms. The van der Waals surface area contributed by atoms with Crippen molar-refractivity contribution < 1.29 is 14.2 Å². The number of anilines is 1.